The van der Waals surface area contributed by atoms with E-state index in [0.29, 0.717) is 16.6 Å². The molecule has 1 aliphatic carbocycles. The number of carboxylic acids is 1. The molecule has 1 aliphatic rings. The Kier molecular flexibility index (Phi) is 6.55. The first-order valence-electron chi connectivity index (χ1n) is 8.44. The molecule has 0 aliphatic heterocycles. The van der Waals surface area contributed by atoms with E-state index in [-0.39, 0.29) is 30.4 Å². The molecule has 0 bridgehead atoms. The number of carboxylic acid groups (broad SMARTS) is 1. The number of fused-ring (bicyclic) bond motifs is 1. The van der Waals surface area contributed by atoms with E-state index in [2.05, 4.69) is 20.3 Å². The average molecular weight is 383 g/mol. The van der Waals surface area contributed by atoms with Crippen LogP contribution >= 0.6 is 12.4 Å². The molecular weight excluding hydrogens is 360 g/mol. The van der Waals surface area contributed by atoms with Gasteiger partial charge in [0.15, 0.2) is 0 Å². The van der Waals surface area contributed by atoms with Gasteiger partial charge < -0.3 is 15.3 Å². The number of amides is 1. The van der Waals surface area contributed by atoms with Crippen molar-refractivity contribution in [1.82, 2.24) is 20.5 Å². The molecule has 1 unspecified atom stereocenters. The van der Waals surface area contributed by atoms with Gasteiger partial charge in [-0.05, 0) is 61.1 Å². The Bertz CT molecular complexity index is 773. The molecule has 9 heteroatoms. The van der Waals surface area contributed by atoms with Crippen LogP contribution in [0, 0.1) is 0 Å². The maximum absolute atomic E-state index is 12.7. The van der Waals surface area contributed by atoms with Crippen molar-refractivity contribution in [3.8, 4) is 0 Å². The monoisotopic (exact) mass is 382 g/mol. The van der Waals surface area contributed by atoms with Crippen molar-refractivity contribution in [1.29, 1.82) is 0 Å². The summed E-state index contributed by atoms with van der Waals surface area (Å²) in [5.41, 5.74) is 1.75. The number of nitrogens with zero attached hydrogens (tertiary/aromatic N) is 3. The van der Waals surface area contributed by atoms with Crippen LogP contribution in [0.25, 0.3) is 11.0 Å². The molecule has 1 heterocycles. The van der Waals surface area contributed by atoms with E-state index in [9.17, 15) is 9.59 Å². The Morgan fingerprint density at radius 3 is 2.54 bits per heavy atom. The molecule has 0 saturated heterocycles. The molecule has 1 fully saturated rings. The smallest absolute Gasteiger partial charge is 0.320 e. The number of hydrogen-bond donors (Lipinski definition) is 2. The first kappa shape index (κ1) is 20.1. The quantitative estimate of drug-likeness (QED) is 0.814. The number of rotatable bonds is 5. The minimum absolute atomic E-state index is 0. The molecule has 1 saturated carbocycles. The molecule has 1 aromatic heterocycles. The van der Waals surface area contributed by atoms with E-state index in [1.165, 1.54) is 0 Å². The van der Waals surface area contributed by atoms with Gasteiger partial charge in [0.05, 0.1) is 0 Å². The third-order valence-corrected chi connectivity index (χ3v) is 4.92. The molecule has 142 valence electrons. The van der Waals surface area contributed by atoms with Crippen LogP contribution in [-0.2, 0) is 4.79 Å². The first-order chi connectivity index (χ1) is 12.0. The van der Waals surface area contributed by atoms with Gasteiger partial charge >= 0.3 is 5.97 Å². The lowest BCUT2D eigenvalue weighted by Crippen LogP contribution is -2.47. The Morgan fingerprint density at radius 1 is 1.23 bits per heavy atom. The zero-order chi connectivity index (χ0) is 18.0. The molecule has 1 amide bonds. The highest BCUT2D eigenvalue weighted by atomic mass is 35.5. The number of halogens is 1. The molecule has 0 radical (unpaired) electrons. The second-order valence-electron chi connectivity index (χ2n) is 6.62. The molecule has 0 spiro atoms. The minimum atomic E-state index is -0.841. The lowest BCUT2D eigenvalue weighted by atomic mass is 9.89. The van der Waals surface area contributed by atoms with Gasteiger partial charge in [0.2, 0.25) is 0 Å². The number of carbonyl (C=O) groups excluding carboxylic acids is 1. The molecule has 3 rings (SSSR count). The zero-order valence-corrected chi connectivity index (χ0v) is 15.5. The number of aliphatic carboxylic acids is 1. The summed E-state index contributed by atoms with van der Waals surface area (Å²) < 4.78 is 4.66. The largest absolute Gasteiger partial charge is 0.480 e. The number of benzene rings is 1. The van der Waals surface area contributed by atoms with Gasteiger partial charge in [0.1, 0.15) is 17.1 Å². The van der Waals surface area contributed by atoms with Crippen molar-refractivity contribution in [2.75, 3.05) is 7.05 Å². The summed E-state index contributed by atoms with van der Waals surface area (Å²) in [6.07, 6.45) is 3.40. The summed E-state index contributed by atoms with van der Waals surface area (Å²) in [7, 11) is 1.81. The number of aromatic nitrogens is 2. The van der Waals surface area contributed by atoms with E-state index >= 15 is 0 Å². The highest BCUT2D eigenvalue weighted by Gasteiger charge is 2.28. The predicted octanol–water partition coefficient (Wildman–Crippen LogP) is 2.09. The van der Waals surface area contributed by atoms with E-state index in [4.69, 9.17) is 5.11 Å². The highest BCUT2D eigenvalue weighted by molar-refractivity contribution is 5.97. The van der Waals surface area contributed by atoms with Gasteiger partial charge in [-0.1, -0.05) is 0 Å². The SMILES string of the molecule is CC(NC1CCC(N(C)C(=O)c2ccc3nonc3c2)CC1)C(=O)O.Cl. The van der Waals surface area contributed by atoms with Crippen LogP contribution in [0.1, 0.15) is 43.0 Å². The fourth-order valence-corrected chi connectivity index (χ4v) is 3.34. The predicted molar refractivity (Wildman–Crippen MR) is 97.4 cm³/mol. The van der Waals surface area contributed by atoms with Gasteiger partial charge in [0, 0.05) is 24.7 Å². The Hall–Kier alpha value is -2.19. The lowest BCUT2D eigenvalue weighted by Gasteiger charge is -2.35. The maximum Gasteiger partial charge on any atom is 0.320 e. The standard InChI is InChI=1S/C17H22N4O4.ClH/c1-10(17(23)24)18-12-4-6-13(7-5-12)21(2)16(22)11-3-8-14-15(9-11)20-25-19-14;/h3,8-10,12-13,18H,4-7H2,1-2H3,(H,23,24);1H. The molecular formula is C17H23ClN4O4. The van der Waals surface area contributed by atoms with Crippen LogP contribution in [-0.4, -0.2) is 57.4 Å². The van der Waals surface area contributed by atoms with E-state index in [1.54, 1.807) is 30.0 Å². The molecule has 2 N–H and O–H groups in total. The molecule has 1 atom stereocenters. The minimum Gasteiger partial charge on any atom is -0.480 e. The molecule has 8 nitrogen and oxygen atoms in total. The van der Waals surface area contributed by atoms with Crippen LogP contribution in [0.3, 0.4) is 0 Å². The summed E-state index contributed by atoms with van der Waals surface area (Å²) in [4.78, 5) is 25.4. The van der Waals surface area contributed by atoms with Crippen molar-refractivity contribution >= 4 is 35.3 Å². The van der Waals surface area contributed by atoms with Crippen molar-refractivity contribution in [3.63, 3.8) is 0 Å². The van der Waals surface area contributed by atoms with Crippen LogP contribution in [0.4, 0.5) is 0 Å². The van der Waals surface area contributed by atoms with Crippen molar-refractivity contribution < 1.29 is 19.3 Å². The maximum atomic E-state index is 12.7. The van der Waals surface area contributed by atoms with Crippen LogP contribution in [0.5, 0.6) is 0 Å². The highest BCUT2D eigenvalue weighted by Crippen LogP contribution is 2.24. The summed E-state index contributed by atoms with van der Waals surface area (Å²) in [5, 5.41) is 19.6. The van der Waals surface area contributed by atoms with Crippen LogP contribution in [0.15, 0.2) is 22.8 Å². The van der Waals surface area contributed by atoms with Gasteiger partial charge in [-0.25, -0.2) is 4.63 Å². The fraction of sp³-hybridized carbons (Fsp3) is 0.529. The third kappa shape index (κ3) is 4.31. The zero-order valence-electron chi connectivity index (χ0n) is 14.7. The van der Waals surface area contributed by atoms with Crippen molar-refractivity contribution in [2.24, 2.45) is 0 Å². The molecule has 1 aromatic carbocycles. The summed E-state index contributed by atoms with van der Waals surface area (Å²) in [6.45, 7) is 1.65. The third-order valence-electron chi connectivity index (χ3n) is 4.92. The number of carbonyl (C=O) groups is 2. The second-order valence-corrected chi connectivity index (χ2v) is 6.62. The summed E-state index contributed by atoms with van der Waals surface area (Å²) >= 11 is 0. The first-order valence-corrected chi connectivity index (χ1v) is 8.44. The van der Waals surface area contributed by atoms with E-state index in [1.807, 2.05) is 7.05 Å². The Morgan fingerprint density at radius 2 is 1.88 bits per heavy atom. The van der Waals surface area contributed by atoms with Crippen molar-refractivity contribution in [2.45, 2.75) is 50.7 Å². The van der Waals surface area contributed by atoms with Gasteiger partial charge in [-0.15, -0.1) is 12.4 Å². The normalized spacial score (nSPS) is 21.0. The fourth-order valence-electron chi connectivity index (χ4n) is 3.34. The van der Waals surface area contributed by atoms with E-state index in [0.717, 1.165) is 25.7 Å². The summed E-state index contributed by atoms with van der Waals surface area (Å²) in [6, 6.07) is 4.92. The van der Waals surface area contributed by atoms with Crippen LogP contribution < -0.4 is 5.32 Å². The van der Waals surface area contributed by atoms with Crippen molar-refractivity contribution in [3.05, 3.63) is 23.8 Å². The molecule has 2 aromatic rings. The van der Waals surface area contributed by atoms with Gasteiger partial charge in [-0.2, -0.15) is 0 Å². The number of hydrogen-bond acceptors (Lipinski definition) is 6. The van der Waals surface area contributed by atoms with Crippen LogP contribution in [0.2, 0.25) is 0 Å². The summed E-state index contributed by atoms with van der Waals surface area (Å²) in [5.74, 6) is -0.896. The second kappa shape index (κ2) is 8.46. The van der Waals surface area contributed by atoms with Gasteiger partial charge in [0.25, 0.3) is 5.91 Å². The topological polar surface area (TPSA) is 109 Å². The number of nitrogens with one attached hydrogen (secondary N) is 1. The Labute approximate surface area is 157 Å². The molecule has 26 heavy (non-hydrogen) atoms. The average Bonchev–Trinajstić information content (AvgIpc) is 3.08. The lowest BCUT2D eigenvalue weighted by molar-refractivity contribution is -0.139. The van der Waals surface area contributed by atoms with Gasteiger partial charge in [-0.3, -0.25) is 9.59 Å². The Balaban J connectivity index is 0.00000243. The van der Waals surface area contributed by atoms with E-state index < -0.39 is 12.0 Å².